The van der Waals surface area contributed by atoms with Crippen LogP contribution in [0.3, 0.4) is 0 Å². The molecule has 18 heavy (non-hydrogen) atoms. The van der Waals surface area contributed by atoms with Crippen molar-refractivity contribution in [3.63, 3.8) is 0 Å². The lowest BCUT2D eigenvalue weighted by atomic mass is 10.1. The van der Waals surface area contributed by atoms with Crippen LogP contribution in [0.25, 0.3) is 5.69 Å². The van der Waals surface area contributed by atoms with Crippen molar-refractivity contribution < 1.29 is 0 Å². The number of nitrogens with zero attached hydrogens (tertiary/aromatic N) is 1. The Hall–Kier alpha value is -1.81. The molecule has 1 aromatic heterocycles. The van der Waals surface area contributed by atoms with E-state index in [-0.39, 0.29) is 5.56 Å². The summed E-state index contributed by atoms with van der Waals surface area (Å²) in [6.07, 6.45) is 1.02. The molecule has 0 unspecified atom stereocenters. The molecule has 0 bridgehead atoms. The molecule has 0 aliphatic carbocycles. The van der Waals surface area contributed by atoms with E-state index in [1.54, 1.807) is 0 Å². The number of aromatic nitrogens is 2. The molecule has 0 saturated heterocycles. The van der Waals surface area contributed by atoms with Gasteiger partial charge in [-0.15, -0.1) is 0 Å². The number of rotatable bonds is 4. The fourth-order valence-electron chi connectivity index (χ4n) is 2.08. The number of aryl methyl sites for hydroxylation is 1. The Morgan fingerprint density at radius 2 is 1.94 bits per heavy atom. The van der Waals surface area contributed by atoms with E-state index in [4.69, 9.17) is 0 Å². The normalized spacial score (nSPS) is 10.8. The van der Waals surface area contributed by atoms with Gasteiger partial charge in [-0.05, 0) is 38.1 Å². The van der Waals surface area contributed by atoms with E-state index in [1.165, 1.54) is 5.56 Å². The Kier molecular flexibility index (Phi) is 3.67. The van der Waals surface area contributed by atoms with Gasteiger partial charge in [0.25, 0.3) is 5.56 Å². The molecule has 0 amide bonds. The minimum absolute atomic E-state index is 0.0265. The molecule has 0 spiro atoms. The number of aromatic amines is 1. The van der Waals surface area contributed by atoms with E-state index in [2.05, 4.69) is 29.5 Å². The lowest BCUT2D eigenvalue weighted by Crippen LogP contribution is -2.14. The second kappa shape index (κ2) is 5.23. The van der Waals surface area contributed by atoms with Crippen LogP contribution in [-0.2, 0) is 13.0 Å². The molecule has 0 saturated carbocycles. The van der Waals surface area contributed by atoms with Crippen LogP contribution in [0.4, 0.5) is 0 Å². The summed E-state index contributed by atoms with van der Waals surface area (Å²) in [6.45, 7) is 4.67. The maximum absolute atomic E-state index is 11.8. The van der Waals surface area contributed by atoms with Gasteiger partial charge in [0, 0.05) is 12.2 Å². The van der Waals surface area contributed by atoms with Gasteiger partial charge in [-0.3, -0.25) is 14.6 Å². The Labute approximate surface area is 107 Å². The predicted molar refractivity (Wildman–Crippen MR) is 73.3 cm³/mol. The van der Waals surface area contributed by atoms with Crippen molar-refractivity contribution in [2.75, 3.05) is 7.05 Å². The van der Waals surface area contributed by atoms with Gasteiger partial charge in [0.05, 0.1) is 11.3 Å². The summed E-state index contributed by atoms with van der Waals surface area (Å²) < 4.78 is 1.84. The van der Waals surface area contributed by atoms with Crippen LogP contribution < -0.4 is 10.9 Å². The summed E-state index contributed by atoms with van der Waals surface area (Å²) in [7, 11) is 1.84. The maximum Gasteiger partial charge on any atom is 0.269 e. The topological polar surface area (TPSA) is 49.8 Å². The zero-order chi connectivity index (χ0) is 13.1. The number of hydrogen-bond donors (Lipinski definition) is 2. The zero-order valence-corrected chi connectivity index (χ0v) is 11.1. The van der Waals surface area contributed by atoms with Gasteiger partial charge < -0.3 is 5.32 Å². The largest absolute Gasteiger partial charge is 0.315 e. The van der Waals surface area contributed by atoms with Crippen molar-refractivity contribution in [1.82, 2.24) is 15.1 Å². The lowest BCUT2D eigenvalue weighted by molar-refractivity contribution is 0.801. The first kappa shape index (κ1) is 12.6. The third-order valence-electron chi connectivity index (χ3n) is 3.22. The van der Waals surface area contributed by atoms with Gasteiger partial charge in [0.15, 0.2) is 0 Å². The minimum atomic E-state index is -0.0265. The summed E-state index contributed by atoms with van der Waals surface area (Å²) in [6, 6.07) is 8.24. The Morgan fingerprint density at radius 3 is 2.50 bits per heavy atom. The third-order valence-corrected chi connectivity index (χ3v) is 3.22. The SMILES string of the molecule is CCc1ccc(-n2[nH]c(=O)c(CNC)c2C)cc1. The quantitative estimate of drug-likeness (QED) is 0.862. The molecule has 0 aliphatic heterocycles. The molecule has 96 valence electrons. The summed E-state index contributed by atoms with van der Waals surface area (Å²) >= 11 is 0. The number of benzene rings is 1. The summed E-state index contributed by atoms with van der Waals surface area (Å²) in [4.78, 5) is 11.8. The first-order valence-corrected chi connectivity index (χ1v) is 6.21. The van der Waals surface area contributed by atoms with Crippen molar-refractivity contribution in [3.8, 4) is 5.69 Å². The molecular formula is C14H19N3O. The van der Waals surface area contributed by atoms with E-state index in [0.717, 1.165) is 23.4 Å². The van der Waals surface area contributed by atoms with Gasteiger partial charge in [0.1, 0.15) is 0 Å². The highest BCUT2D eigenvalue weighted by atomic mass is 16.1. The molecular weight excluding hydrogens is 226 g/mol. The van der Waals surface area contributed by atoms with E-state index in [9.17, 15) is 4.79 Å². The van der Waals surface area contributed by atoms with Crippen LogP contribution in [0, 0.1) is 6.92 Å². The van der Waals surface area contributed by atoms with Crippen molar-refractivity contribution >= 4 is 0 Å². The molecule has 0 radical (unpaired) electrons. The van der Waals surface area contributed by atoms with Crippen LogP contribution >= 0.6 is 0 Å². The van der Waals surface area contributed by atoms with Crippen LogP contribution in [0.5, 0.6) is 0 Å². The first-order valence-electron chi connectivity index (χ1n) is 6.21. The van der Waals surface area contributed by atoms with Crippen LogP contribution in [0.2, 0.25) is 0 Å². The fraction of sp³-hybridized carbons (Fsp3) is 0.357. The lowest BCUT2D eigenvalue weighted by Gasteiger charge is -2.07. The highest BCUT2D eigenvalue weighted by Crippen LogP contribution is 2.12. The Bertz CT molecular complexity index is 578. The van der Waals surface area contributed by atoms with Gasteiger partial charge in [-0.25, -0.2) is 0 Å². The molecule has 2 N–H and O–H groups in total. The number of H-pyrrole nitrogens is 1. The summed E-state index contributed by atoms with van der Waals surface area (Å²) in [5.74, 6) is 0. The average molecular weight is 245 g/mol. The molecule has 1 heterocycles. The summed E-state index contributed by atoms with van der Waals surface area (Å²) in [5, 5.41) is 5.89. The van der Waals surface area contributed by atoms with Crippen LogP contribution in [0.1, 0.15) is 23.7 Å². The van der Waals surface area contributed by atoms with Crippen molar-refractivity contribution in [1.29, 1.82) is 0 Å². The van der Waals surface area contributed by atoms with Gasteiger partial charge in [-0.1, -0.05) is 19.1 Å². The van der Waals surface area contributed by atoms with Gasteiger partial charge in [-0.2, -0.15) is 0 Å². The average Bonchev–Trinajstić information content (AvgIpc) is 2.67. The van der Waals surface area contributed by atoms with E-state index in [0.29, 0.717) is 6.54 Å². The van der Waals surface area contributed by atoms with Crippen molar-refractivity contribution in [2.45, 2.75) is 26.8 Å². The molecule has 1 aromatic carbocycles. The molecule has 2 rings (SSSR count). The molecule has 0 aliphatic rings. The van der Waals surface area contributed by atoms with E-state index < -0.39 is 0 Å². The molecule has 0 atom stereocenters. The molecule has 4 heteroatoms. The predicted octanol–water partition coefficient (Wildman–Crippen LogP) is 1.76. The van der Waals surface area contributed by atoms with Gasteiger partial charge in [0.2, 0.25) is 0 Å². The third kappa shape index (κ3) is 2.24. The number of nitrogens with one attached hydrogen (secondary N) is 2. The highest BCUT2D eigenvalue weighted by molar-refractivity contribution is 5.37. The maximum atomic E-state index is 11.8. The monoisotopic (exact) mass is 245 g/mol. The Morgan fingerprint density at radius 1 is 1.28 bits per heavy atom. The molecule has 4 nitrogen and oxygen atoms in total. The second-order valence-corrected chi connectivity index (χ2v) is 4.39. The number of hydrogen-bond acceptors (Lipinski definition) is 2. The second-order valence-electron chi connectivity index (χ2n) is 4.39. The van der Waals surface area contributed by atoms with E-state index in [1.807, 2.05) is 30.8 Å². The molecule has 2 aromatic rings. The van der Waals surface area contributed by atoms with Crippen molar-refractivity contribution in [2.24, 2.45) is 0 Å². The van der Waals surface area contributed by atoms with Crippen molar-refractivity contribution in [3.05, 3.63) is 51.4 Å². The highest BCUT2D eigenvalue weighted by Gasteiger charge is 2.10. The first-order chi connectivity index (χ1) is 8.67. The zero-order valence-electron chi connectivity index (χ0n) is 11.1. The smallest absolute Gasteiger partial charge is 0.269 e. The molecule has 0 fully saturated rings. The standard InChI is InChI=1S/C14H19N3O/c1-4-11-5-7-12(8-6-11)17-10(2)13(9-15-3)14(18)16-17/h5-8,15H,4,9H2,1-3H3,(H,16,18). The van der Waals surface area contributed by atoms with Crippen LogP contribution in [-0.4, -0.2) is 16.8 Å². The Balaban J connectivity index is 2.44. The minimum Gasteiger partial charge on any atom is -0.315 e. The fourth-order valence-corrected chi connectivity index (χ4v) is 2.08. The van der Waals surface area contributed by atoms with E-state index >= 15 is 0 Å². The van der Waals surface area contributed by atoms with Crippen LogP contribution in [0.15, 0.2) is 29.1 Å². The van der Waals surface area contributed by atoms with Gasteiger partial charge >= 0.3 is 0 Å². The summed E-state index contributed by atoms with van der Waals surface area (Å²) in [5.41, 5.74) is 4.00.